The van der Waals surface area contributed by atoms with Crippen LogP contribution in [0.4, 0.5) is 0 Å². The highest BCUT2D eigenvalue weighted by Crippen LogP contribution is 2.31. The van der Waals surface area contributed by atoms with E-state index < -0.39 is 0 Å². The Morgan fingerprint density at radius 3 is 2.95 bits per heavy atom. The molecule has 1 amide bonds. The summed E-state index contributed by atoms with van der Waals surface area (Å²) in [7, 11) is 0. The highest BCUT2D eigenvalue weighted by molar-refractivity contribution is 5.77. The number of nitrogens with zero attached hydrogens (tertiary/aromatic N) is 1. The van der Waals surface area contributed by atoms with Crippen LogP contribution in [0.15, 0.2) is 28.8 Å². The molecule has 0 spiro atoms. The molecule has 0 radical (unpaired) electrons. The molecule has 5 heteroatoms. The van der Waals surface area contributed by atoms with Crippen LogP contribution in [0.5, 0.6) is 5.75 Å². The van der Waals surface area contributed by atoms with E-state index >= 15 is 0 Å². The van der Waals surface area contributed by atoms with E-state index in [1.807, 2.05) is 38.1 Å². The zero-order valence-electron chi connectivity index (χ0n) is 12.9. The van der Waals surface area contributed by atoms with Crippen LogP contribution >= 0.6 is 0 Å². The molecule has 22 heavy (non-hydrogen) atoms. The molecule has 1 aromatic heterocycles. The lowest BCUT2D eigenvalue weighted by atomic mass is 10.00. The highest BCUT2D eigenvalue weighted by Gasteiger charge is 2.22. The van der Waals surface area contributed by atoms with Gasteiger partial charge in [0.05, 0.1) is 18.3 Å². The van der Waals surface area contributed by atoms with Crippen molar-refractivity contribution < 1.29 is 14.1 Å². The molecule has 0 fully saturated rings. The van der Waals surface area contributed by atoms with Gasteiger partial charge in [0, 0.05) is 24.0 Å². The second-order valence-corrected chi connectivity index (χ2v) is 5.60. The third-order valence-corrected chi connectivity index (χ3v) is 4.08. The molecule has 2 heterocycles. The number of carbonyl (C=O) groups is 1. The summed E-state index contributed by atoms with van der Waals surface area (Å²) in [5, 5.41) is 7.02. The lowest BCUT2D eigenvalue weighted by molar-refractivity contribution is -0.122. The summed E-state index contributed by atoms with van der Waals surface area (Å²) in [6.07, 6.45) is 1.88. The Hall–Kier alpha value is -2.30. The van der Waals surface area contributed by atoms with E-state index in [2.05, 4.69) is 10.5 Å². The van der Waals surface area contributed by atoms with Gasteiger partial charge in [-0.15, -0.1) is 0 Å². The number of aromatic nitrogens is 1. The quantitative estimate of drug-likeness (QED) is 0.943. The van der Waals surface area contributed by atoms with Crippen LogP contribution in [-0.2, 0) is 11.2 Å². The lowest BCUT2D eigenvalue weighted by Crippen LogP contribution is -2.32. The number of hydrogen-bond donors (Lipinski definition) is 1. The molecule has 1 aliphatic rings. The minimum absolute atomic E-state index is 0.0297. The zero-order valence-corrected chi connectivity index (χ0v) is 12.9. The Balaban J connectivity index is 1.61. The average molecular weight is 300 g/mol. The first-order valence-electron chi connectivity index (χ1n) is 7.58. The fourth-order valence-corrected chi connectivity index (χ4v) is 2.86. The van der Waals surface area contributed by atoms with Crippen molar-refractivity contribution in [3.8, 4) is 5.75 Å². The molecule has 1 N–H and O–H groups in total. The molecule has 1 aromatic carbocycles. The Kier molecular flexibility index (Phi) is 4.13. The van der Waals surface area contributed by atoms with Crippen molar-refractivity contribution in [2.75, 3.05) is 6.61 Å². The van der Waals surface area contributed by atoms with Gasteiger partial charge in [0.15, 0.2) is 0 Å². The van der Waals surface area contributed by atoms with Gasteiger partial charge in [0.1, 0.15) is 11.5 Å². The summed E-state index contributed by atoms with van der Waals surface area (Å²) in [6, 6.07) is 7.89. The van der Waals surface area contributed by atoms with Crippen LogP contribution in [-0.4, -0.2) is 17.7 Å². The first kappa shape index (κ1) is 14.6. The topological polar surface area (TPSA) is 64.4 Å². The van der Waals surface area contributed by atoms with E-state index in [0.29, 0.717) is 19.4 Å². The Labute approximate surface area is 129 Å². The maximum absolute atomic E-state index is 12.2. The highest BCUT2D eigenvalue weighted by atomic mass is 16.5. The summed E-state index contributed by atoms with van der Waals surface area (Å²) in [4.78, 5) is 12.2. The summed E-state index contributed by atoms with van der Waals surface area (Å²) < 4.78 is 10.7. The molecule has 1 atom stereocenters. The van der Waals surface area contributed by atoms with Gasteiger partial charge >= 0.3 is 0 Å². The monoisotopic (exact) mass is 300 g/mol. The van der Waals surface area contributed by atoms with Crippen molar-refractivity contribution in [2.24, 2.45) is 0 Å². The van der Waals surface area contributed by atoms with Crippen LogP contribution in [0.1, 0.15) is 41.5 Å². The standard InChI is InChI=1S/C17H20N2O3/c1-11-13(12(2)22-19-11)7-8-17(20)18-15-9-10-21-16-6-4-3-5-14(15)16/h3-6,15H,7-10H2,1-2H3,(H,18,20)/t15-/m0/s1. The number of fused-ring (bicyclic) bond motifs is 1. The number of para-hydroxylation sites is 1. The minimum atomic E-state index is 0.0297. The zero-order chi connectivity index (χ0) is 15.5. The van der Waals surface area contributed by atoms with Gasteiger partial charge in [-0.2, -0.15) is 0 Å². The second kappa shape index (κ2) is 6.22. The molecule has 5 nitrogen and oxygen atoms in total. The Bertz CT molecular complexity index is 659. The van der Waals surface area contributed by atoms with Crippen molar-refractivity contribution in [1.29, 1.82) is 0 Å². The van der Waals surface area contributed by atoms with Crippen LogP contribution < -0.4 is 10.1 Å². The van der Waals surface area contributed by atoms with Crippen LogP contribution in [0.2, 0.25) is 0 Å². The number of ether oxygens (including phenoxy) is 1. The number of nitrogens with one attached hydrogen (secondary N) is 1. The van der Waals surface area contributed by atoms with Gasteiger partial charge in [-0.1, -0.05) is 23.4 Å². The Morgan fingerprint density at radius 1 is 1.36 bits per heavy atom. The van der Waals surface area contributed by atoms with Crippen LogP contribution in [0.25, 0.3) is 0 Å². The molecule has 0 saturated carbocycles. The summed E-state index contributed by atoms with van der Waals surface area (Å²) in [5.74, 6) is 1.70. The van der Waals surface area contributed by atoms with Crippen molar-refractivity contribution in [3.05, 3.63) is 46.8 Å². The molecule has 0 bridgehead atoms. The average Bonchev–Trinajstić information content (AvgIpc) is 2.84. The number of benzene rings is 1. The van der Waals surface area contributed by atoms with Gasteiger partial charge in [-0.3, -0.25) is 4.79 Å². The summed E-state index contributed by atoms with van der Waals surface area (Å²) >= 11 is 0. The molecular formula is C17H20N2O3. The Morgan fingerprint density at radius 2 is 2.18 bits per heavy atom. The van der Waals surface area contributed by atoms with Crippen molar-refractivity contribution in [1.82, 2.24) is 10.5 Å². The first-order chi connectivity index (χ1) is 10.6. The SMILES string of the molecule is Cc1noc(C)c1CCC(=O)N[C@H]1CCOc2ccccc21. The van der Waals surface area contributed by atoms with E-state index in [9.17, 15) is 4.79 Å². The third-order valence-electron chi connectivity index (χ3n) is 4.08. The minimum Gasteiger partial charge on any atom is -0.493 e. The number of hydrogen-bond acceptors (Lipinski definition) is 4. The van der Waals surface area contributed by atoms with Gasteiger partial charge in [-0.05, 0) is 26.3 Å². The molecule has 0 aliphatic carbocycles. The number of aryl methyl sites for hydroxylation is 2. The third kappa shape index (κ3) is 2.98. The maximum Gasteiger partial charge on any atom is 0.220 e. The van der Waals surface area contributed by atoms with Gasteiger partial charge in [-0.25, -0.2) is 0 Å². The predicted octanol–water partition coefficient (Wildman–Crippen LogP) is 2.86. The van der Waals surface area contributed by atoms with Gasteiger partial charge in [0.25, 0.3) is 0 Å². The normalized spacial score (nSPS) is 16.7. The largest absolute Gasteiger partial charge is 0.493 e. The van der Waals surface area contributed by atoms with E-state index in [1.54, 1.807) is 0 Å². The van der Waals surface area contributed by atoms with E-state index in [1.165, 1.54) is 0 Å². The molecule has 0 saturated heterocycles. The number of rotatable bonds is 4. The first-order valence-corrected chi connectivity index (χ1v) is 7.58. The maximum atomic E-state index is 12.2. The van der Waals surface area contributed by atoms with E-state index in [-0.39, 0.29) is 11.9 Å². The smallest absolute Gasteiger partial charge is 0.220 e. The summed E-state index contributed by atoms with van der Waals surface area (Å²) in [6.45, 7) is 4.41. The van der Waals surface area contributed by atoms with Crippen molar-refractivity contribution >= 4 is 5.91 Å². The summed E-state index contributed by atoms with van der Waals surface area (Å²) in [5.41, 5.74) is 2.95. The molecule has 116 valence electrons. The van der Waals surface area contributed by atoms with E-state index in [0.717, 1.165) is 34.8 Å². The molecule has 3 rings (SSSR count). The van der Waals surface area contributed by atoms with Crippen molar-refractivity contribution in [2.45, 2.75) is 39.2 Å². The van der Waals surface area contributed by atoms with Gasteiger partial charge in [0.2, 0.25) is 5.91 Å². The molecule has 0 unspecified atom stereocenters. The lowest BCUT2D eigenvalue weighted by Gasteiger charge is -2.26. The van der Waals surface area contributed by atoms with Crippen LogP contribution in [0.3, 0.4) is 0 Å². The fourth-order valence-electron chi connectivity index (χ4n) is 2.86. The van der Waals surface area contributed by atoms with Gasteiger partial charge < -0.3 is 14.6 Å². The van der Waals surface area contributed by atoms with E-state index in [4.69, 9.17) is 9.26 Å². The van der Waals surface area contributed by atoms with Crippen molar-refractivity contribution in [3.63, 3.8) is 0 Å². The second-order valence-electron chi connectivity index (χ2n) is 5.60. The number of amides is 1. The fraction of sp³-hybridized carbons (Fsp3) is 0.412. The molecule has 1 aliphatic heterocycles. The number of carbonyl (C=O) groups excluding carboxylic acids is 1. The predicted molar refractivity (Wildman–Crippen MR) is 81.7 cm³/mol. The molecule has 2 aromatic rings. The van der Waals surface area contributed by atoms with Crippen LogP contribution in [0, 0.1) is 13.8 Å². The molecular weight excluding hydrogens is 280 g/mol.